The van der Waals surface area contributed by atoms with Crippen molar-refractivity contribution in [3.8, 4) is 5.75 Å². The number of benzene rings is 2. The summed E-state index contributed by atoms with van der Waals surface area (Å²) in [5.74, 6) is -3.73. The molecule has 1 aliphatic rings. The minimum atomic E-state index is -6.43. The molecule has 1 atom stereocenters. The van der Waals surface area contributed by atoms with Crippen molar-refractivity contribution >= 4 is 37.8 Å². The fraction of sp³-hybridized carbons (Fsp3) is 0.304. The zero-order chi connectivity index (χ0) is 30.0. The Morgan fingerprint density at radius 3 is 2.23 bits per heavy atom. The lowest BCUT2D eigenvalue weighted by Crippen LogP contribution is -2.43. The molecule has 0 radical (unpaired) electrons. The molecular formula is C23H22F3NO11S2. The Morgan fingerprint density at radius 2 is 1.68 bits per heavy atom. The van der Waals surface area contributed by atoms with Crippen LogP contribution in [0.1, 0.15) is 34.6 Å². The second kappa shape index (κ2) is 11.3. The normalized spacial score (nSPS) is 15.6. The maximum atomic E-state index is 13.9. The zero-order valence-corrected chi connectivity index (χ0v) is 22.8. The molecule has 0 spiro atoms. The number of carbonyl (C=O) groups excluding carboxylic acids is 2. The van der Waals surface area contributed by atoms with Crippen molar-refractivity contribution in [2.24, 2.45) is 0 Å². The average molecular weight is 610 g/mol. The van der Waals surface area contributed by atoms with Crippen molar-refractivity contribution in [3.05, 3.63) is 64.9 Å². The third-order valence-electron chi connectivity index (χ3n) is 5.42. The first-order valence-corrected chi connectivity index (χ1v) is 13.9. The van der Waals surface area contributed by atoms with Gasteiger partial charge >= 0.3 is 27.6 Å². The molecule has 0 fully saturated rings. The van der Waals surface area contributed by atoms with Gasteiger partial charge in [-0.15, -0.1) is 0 Å². The summed E-state index contributed by atoms with van der Waals surface area (Å²) < 4.78 is 116. The summed E-state index contributed by atoms with van der Waals surface area (Å²) in [5.41, 5.74) is -8.44. The summed E-state index contributed by atoms with van der Waals surface area (Å²) in [6.07, 6.45) is -1.97. The zero-order valence-electron chi connectivity index (χ0n) is 21.2. The fourth-order valence-electron chi connectivity index (χ4n) is 3.71. The lowest BCUT2D eigenvalue weighted by atomic mass is 10.0. The molecular weight excluding hydrogens is 587 g/mol. The van der Waals surface area contributed by atoms with Gasteiger partial charge in [0, 0.05) is 18.2 Å². The van der Waals surface area contributed by atoms with Gasteiger partial charge in [0.1, 0.15) is 5.75 Å². The number of carbonyl (C=O) groups is 2. The third kappa shape index (κ3) is 5.44. The highest BCUT2D eigenvalue weighted by Crippen LogP contribution is 2.45. The van der Waals surface area contributed by atoms with Crippen LogP contribution < -0.4 is 4.74 Å². The Labute approximate surface area is 227 Å². The maximum Gasteiger partial charge on any atom is 0.534 e. The van der Waals surface area contributed by atoms with Gasteiger partial charge in [-0.1, -0.05) is 12.1 Å². The first-order chi connectivity index (χ1) is 18.7. The van der Waals surface area contributed by atoms with E-state index >= 15 is 0 Å². The summed E-state index contributed by atoms with van der Waals surface area (Å²) in [4.78, 5) is 25.0. The molecule has 0 aliphatic carbocycles. The second-order valence-electron chi connectivity index (χ2n) is 7.71. The van der Waals surface area contributed by atoms with Gasteiger partial charge in [0.15, 0.2) is 17.7 Å². The standard InChI is InChI=1S/C23H22F3NO11S2/c1-5-37-21(28)16-12-13(34-2)10-11-14(16)20(35-3)27-18(22(29)36-4)19(38-40(32,33)23(24,25)26)15-8-6-7-9-17(15)39(27,30)31/h6-12,20H,5H2,1-4H3. The minimum absolute atomic E-state index is 0.0941. The van der Waals surface area contributed by atoms with E-state index in [2.05, 4.69) is 8.92 Å². The van der Waals surface area contributed by atoms with Crippen LogP contribution in [-0.4, -0.2) is 66.5 Å². The highest BCUT2D eigenvalue weighted by Gasteiger charge is 2.53. The molecule has 0 amide bonds. The number of hydrogen-bond acceptors (Lipinski definition) is 11. The summed E-state index contributed by atoms with van der Waals surface area (Å²) in [6, 6.07) is 7.94. The van der Waals surface area contributed by atoms with Crippen molar-refractivity contribution in [3.63, 3.8) is 0 Å². The molecule has 0 aromatic heterocycles. The van der Waals surface area contributed by atoms with E-state index < -0.39 is 65.7 Å². The number of hydrogen-bond donors (Lipinski definition) is 0. The molecule has 0 N–H and O–H groups in total. The molecule has 1 heterocycles. The predicted octanol–water partition coefficient (Wildman–Crippen LogP) is 2.93. The van der Waals surface area contributed by atoms with Crippen LogP contribution in [0.2, 0.25) is 0 Å². The first kappa shape index (κ1) is 30.7. The molecule has 0 bridgehead atoms. The lowest BCUT2D eigenvalue weighted by molar-refractivity contribution is -0.138. The van der Waals surface area contributed by atoms with Gasteiger partial charge in [0.2, 0.25) is 0 Å². The number of rotatable bonds is 9. The monoisotopic (exact) mass is 609 g/mol. The molecule has 17 heteroatoms. The fourth-order valence-corrected chi connectivity index (χ4v) is 5.94. The quantitative estimate of drug-likeness (QED) is 0.234. The van der Waals surface area contributed by atoms with Gasteiger partial charge in [0.25, 0.3) is 10.0 Å². The van der Waals surface area contributed by atoms with E-state index in [-0.39, 0.29) is 27.8 Å². The van der Waals surface area contributed by atoms with Gasteiger partial charge in [-0.25, -0.2) is 22.3 Å². The van der Waals surface area contributed by atoms with Gasteiger partial charge in [0.05, 0.1) is 31.3 Å². The number of nitrogens with zero attached hydrogens (tertiary/aromatic N) is 1. The van der Waals surface area contributed by atoms with E-state index in [1.165, 1.54) is 44.4 Å². The average Bonchev–Trinajstić information content (AvgIpc) is 2.90. The molecule has 2 aromatic carbocycles. The van der Waals surface area contributed by atoms with Crippen LogP contribution in [-0.2, 0) is 43.3 Å². The number of fused-ring (bicyclic) bond motifs is 1. The van der Waals surface area contributed by atoms with Crippen LogP contribution >= 0.6 is 0 Å². The van der Waals surface area contributed by atoms with Gasteiger partial charge in [-0.3, -0.25) is 0 Å². The van der Waals surface area contributed by atoms with E-state index in [0.717, 1.165) is 26.4 Å². The number of halogens is 3. The first-order valence-electron chi connectivity index (χ1n) is 11.0. The number of esters is 2. The van der Waals surface area contributed by atoms with Crippen molar-refractivity contribution in [1.29, 1.82) is 0 Å². The van der Waals surface area contributed by atoms with Crippen LogP contribution in [0.5, 0.6) is 5.75 Å². The van der Waals surface area contributed by atoms with Crippen LogP contribution in [0, 0.1) is 0 Å². The Hall–Kier alpha value is -3.83. The van der Waals surface area contributed by atoms with Crippen molar-refractivity contribution in [2.45, 2.75) is 23.6 Å². The summed E-state index contributed by atoms with van der Waals surface area (Å²) >= 11 is 0. The van der Waals surface area contributed by atoms with Crippen molar-refractivity contribution < 1.29 is 62.7 Å². The predicted molar refractivity (Wildman–Crippen MR) is 129 cm³/mol. The Bertz CT molecular complexity index is 1570. The number of sulfonamides is 1. The SMILES string of the molecule is CCOC(=O)c1cc(OC)ccc1C(OC)N1C(C(=O)OC)=C(OS(=O)(=O)C(F)(F)F)c2ccccc2S1(=O)=O. The summed E-state index contributed by atoms with van der Waals surface area (Å²) in [6.45, 7) is 1.41. The molecule has 2 aromatic rings. The molecule has 0 saturated carbocycles. The molecule has 3 rings (SSSR count). The Kier molecular flexibility index (Phi) is 8.71. The largest absolute Gasteiger partial charge is 0.534 e. The molecule has 40 heavy (non-hydrogen) atoms. The van der Waals surface area contributed by atoms with Gasteiger partial charge in [-0.2, -0.15) is 21.6 Å². The van der Waals surface area contributed by atoms with E-state index in [0.29, 0.717) is 0 Å². The molecule has 12 nitrogen and oxygen atoms in total. The van der Waals surface area contributed by atoms with Crippen molar-refractivity contribution in [1.82, 2.24) is 4.31 Å². The second-order valence-corrected chi connectivity index (χ2v) is 11.0. The summed E-state index contributed by atoms with van der Waals surface area (Å²) in [5, 5.41) is 0. The Balaban J connectivity index is 2.45. The molecule has 218 valence electrons. The number of methoxy groups -OCH3 is 3. The van der Waals surface area contributed by atoms with E-state index in [4.69, 9.17) is 14.2 Å². The molecule has 1 unspecified atom stereocenters. The third-order valence-corrected chi connectivity index (χ3v) is 8.17. The van der Waals surface area contributed by atoms with Crippen LogP contribution in [0.3, 0.4) is 0 Å². The number of ether oxygens (including phenoxy) is 4. The Morgan fingerprint density at radius 1 is 1.02 bits per heavy atom. The number of alkyl halides is 3. The maximum absolute atomic E-state index is 13.9. The van der Waals surface area contributed by atoms with Crippen LogP contribution in [0.4, 0.5) is 13.2 Å². The van der Waals surface area contributed by atoms with E-state index in [1.54, 1.807) is 0 Å². The van der Waals surface area contributed by atoms with Crippen LogP contribution in [0.15, 0.2) is 53.1 Å². The molecule has 0 saturated heterocycles. The highest BCUT2D eigenvalue weighted by atomic mass is 32.2. The van der Waals surface area contributed by atoms with E-state index in [1.807, 2.05) is 0 Å². The van der Waals surface area contributed by atoms with Gasteiger partial charge < -0.3 is 23.1 Å². The van der Waals surface area contributed by atoms with Crippen molar-refractivity contribution in [2.75, 3.05) is 27.9 Å². The lowest BCUT2D eigenvalue weighted by Gasteiger charge is -2.37. The highest BCUT2D eigenvalue weighted by molar-refractivity contribution is 7.89. The summed E-state index contributed by atoms with van der Waals surface area (Å²) in [7, 11) is -8.33. The topological polar surface area (TPSA) is 152 Å². The smallest absolute Gasteiger partial charge is 0.497 e. The van der Waals surface area contributed by atoms with Crippen LogP contribution in [0.25, 0.3) is 5.76 Å². The minimum Gasteiger partial charge on any atom is -0.497 e. The van der Waals surface area contributed by atoms with E-state index in [9.17, 15) is 39.6 Å². The van der Waals surface area contributed by atoms with Gasteiger partial charge in [-0.05, 0) is 37.3 Å². The molecule has 1 aliphatic heterocycles.